The number of nitrogens with one attached hydrogen (secondary N) is 1. The molecular formula is C23H26F3N5O2. The number of alkyl halides is 3. The molecule has 3 aromatic rings. The van der Waals surface area contributed by atoms with Gasteiger partial charge in [-0.25, -0.2) is 0 Å². The van der Waals surface area contributed by atoms with Crippen LogP contribution in [0, 0.1) is 6.92 Å². The summed E-state index contributed by atoms with van der Waals surface area (Å²) in [5, 5.41) is 12.3. The fourth-order valence-electron chi connectivity index (χ4n) is 4.14. The Hall–Kier alpha value is -2.98. The lowest BCUT2D eigenvalue weighted by atomic mass is 10.0. The van der Waals surface area contributed by atoms with Gasteiger partial charge in [-0.1, -0.05) is 12.1 Å². The van der Waals surface area contributed by atoms with Crippen LogP contribution in [0.3, 0.4) is 0 Å². The van der Waals surface area contributed by atoms with Crippen LogP contribution in [0.25, 0.3) is 10.9 Å². The van der Waals surface area contributed by atoms with Gasteiger partial charge in [0.25, 0.3) is 5.56 Å². The summed E-state index contributed by atoms with van der Waals surface area (Å²) in [6.07, 6.45) is -4.42. The molecular weight excluding hydrogens is 435 g/mol. The first-order valence-electron chi connectivity index (χ1n) is 10.7. The molecule has 0 radical (unpaired) electrons. The van der Waals surface area contributed by atoms with E-state index in [1.807, 2.05) is 6.07 Å². The normalized spacial score (nSPS) is 16.2. The van der Waals surface area contributed by atoms with E-state index in [1.54, 1.807) is 31.5 Å². The zero-order valence-corrected chi connectivity index (χ0v) is 18.7. The summed E-state index contributed by atoms with van der Waals surface area (Å²) in [5.41, 5.74) is 1.51. The first kappa shape index (κ1) is 23.2. The van der Waals surface area contributed by atoms with Crippen molar-refractivity contribution in [3.63, 3.8) is 0 Å². The van der Waals surface area contributed by atoms with E-state index in [1.165, 1.54) is 6.07 Å². The van der Waals surface area contributed by atoms with Crippen molar-refractivity contribution in [2.24, 2.45) is 7.05 Å². The lowest BCUT2D eigenvalue weighted by Gasteiger charge is -2.26. The number of aryl methyl sites for hydroxylation is 2. The van der Waals surface area contributed by atoms with Crippen LogP contribution >= 0.6 is 0 Å². The van der Waals surface area contributed by atoms with Crippen molar-refractivity contribution in [1.29, 1.82) is 0 Å². The second-order valence-electron chi connectivity index (χ2n) is 8.31. The van der Waals surface area contributed by atoms with Gasteiger partial charge in [-0.15, -0.1) is 5.10 Å². The third kappa shape index (κ3) is 4.86. The number of nitrogens with zero attached hydrogens (tertiary/aromatic N) is 4. The standard InChI is InChI=1S/C23H26F3N5O2/c1-14(16-5-4-6-18(11-16)23(24,25)26)27-21-19-12-17(13-31-7-9-33-10-8-31)22(32)30(3)20(19)15(2)28-29-21/h4-6,11-12,14H,7-10,13H2,1-3H3,(H,27,29)/t14-/m1/s1. The highest BCUT2D eigenvalue weighted by atomic mass is 19.4. The Balaban J connectivity index is 1.72. The van der Waals surface area contributed by atoms with E-state index in [0.717, 1.165) is 25.2 Å². The van der Waals surface area contributed by atoms with Crippen molar-refractivity contribution in [1.82, 2.24) is 19.7 Å². The van der Waals surface area contributed by atoms with Gasteiger partial charge >= 0.3 is 6.18 Å². The van der Waals surface area contributed by atoms with E-state index in [-0.39, 0.29) is 5.56 Å². The molecule has 1 aromatic carbocycles. The van der Waals surface area contributed by atoms with E-state index < -0.39 is 17.8 Å². The number of rotatable bonds is 5. The molecule has 33 heavy (non-hydrogen) atoms. The number of hydrogen-bond donors (Lipinski definition) is 1. The van der Waals surface area contributed by atoms with Gasteiger partial charge in [-0.05, 0) is 37.6 Å². The quantitative estimate of drug-likeness (QED) is 0.625. The average molecular weight is 461 g/mol. The number of hydrogen-bond acceptors (Lipinski definition) is 6. The van der Waals surface area contributed by atoms with Crippen molar-refractivity contribution >= 4 is 16.7 Å². The first-order chi connectivity index (χ1) is 15.6. The number of halogens is 3. The maximum absolute atomic E-state index is 13.1. The fraction of sp³-hybridized carbons (Fsp3) is 0.435. The van der Waals surface area contributed by atoms with Gasteiger partial charge < -0.3 is 14.6 Å². The zero-order valence-electron chi connectivity index (χ0n) is 18.7. The molecule has 10 heteroatoms. The van der Waals surface area contributed by atoms with Gasteiger partial charge in [0.2, 0.25) is 0 Å². The zero-order chi connectivity index (χ0) is 23.8. The summed E-state index contributed by atoms with van der Waals surface area (Å²) < 4.78 is 46.4. The third-order valence-corrected chi connectivity index (χ3v) is 5.95. The molecule has 1 fully saturated rings. The number of fused-ring (bicyclic) bond motifs is 1. The van der Waals surface area contributed by atoms with Crippen LogP contribution < -0.4 is 10.9 Å². The molecule has 0 amide bonds. The van der Waals surface area contributed by atoms with Gasteiger partial charge in [-0.3, -0.25) is 9.69 Å². The van der Waals surface area contributed by atoms with E-state index in [2.05, 4.69) is 20.4 Å². The molecule has 7 nitrogen and oxygen atoms in total. The number of ether oxygens (including phenoxy) is 1. The minimum atomic E-state index is -4.42. The SMILES string of the molecule is Cc1nnc(N[C@H](C)c2cccc(C(F)(F)F)c2)c2cc(CN3CCOCC3)c(=O)n(C)c12. The van der Waals surface area contributed by atoms with Crippen molar-refractivity contribution < 1.29 is 17.9 Å². The third-order valence-electron chi connectivity index (χ3n) is 5.95. The number of benzene rings is 1. The van der Waals surface area contributed by atoms with E-state index in [4.69, 9.17) is 4.74 Å². The Morgan fingerprint density at radius 3 is 2.61 bits per heavy atom. The summed E-state index contributed by atoms with van der Waals surface area (Å²) in [4.78, 5) is 15.2. The topological polar surface area (TPSA) is 72.3 Å². The van der Waals surface area contributed by atoms with Crippen LogP contribution in [0.15, 0.2) is 35.1 Å². The maximum atomic E-state index is 13.1. The van der Waals surface area contributed by atoms with Crippen LogP contribution in [-0.2, 0) is 24.5 Å². The molecule has 0 aliphatic carbocycles. The van der Waals surface area contributed by atoms with Crippen LogP contribution in [0.5, 0.6) is 0 Å². The summed E-state index contributed by atoms with van der Waals surface area (Å²) in [6.45, 7) is 6.75. The predicted molar refractivity (Wildman–Crippen MR) is 119 cm³/mol. The first-order valence-corrected chi connectivity index (χ1v) is 10.7. The van der Waals surface area contributed by atoms with Gasteiger partial charge in [0.1, 0.15) is 0 Å². The Kier molecular flexibility index (Phi) is 6.40. The summed E-state index contributed by atoms with van der Waals surface area (Å²) >= 11 is 0. The Morgan fingerprint density at radius 1 is 1.18 bits per heavy atom. The molecule has 1 aliphatic heterocycles. The summed E-state index contributed by atoms with van der Waals surface area (Å²) in [5.74, 6) is 0.416. The van der Waals surface area contributed by atoms with Gasteiger partial charge in [0.05, 0.1) is 36.0 Å². The van der Waals surface area contributed by atoms with Crippen LogP contribution in [0.1, 0.15) is 35.3 Å². The molecule has 176 valence electrons. The fourth-order valence-corrected chi connectivity index (χ4v) is 4.14. The van der Waals surface area contributed by atoms with Crippen molar-refractivity contribution in [2.45, 2.75) is 32.6 Å². The second kappa shape index (κ2) is 9.11. The molecule has 0 bridgehead atoms. The van der Waals surface area contributed by atoms with Crippen molar-refractivity contribution in [3.05, 3.63) is 63.1 Å². The smallest absolute Gasteiger partial charge is 0.379 e. The second-order valence-corrected chi connectivity index (χ2v) is 8.31. The lowest BCUT2D eigenvalue weighted by molar-refractivity contribution is -0.137. The number of morpholine rings is 1. The number of pyridine rings is 1. The number of aromatic nitrogens is 3. The highest BCUT2D eigenvalue weighted by molar-refractivity contribution is 5.91. The Bertz CT molecular complexity index is 1220. The van der Waals surface area contributed by atoms with Gasteiger partial charge in [0, 0.05) is 37.6 Å². The van der Waals surface area contributed by atoms with E-state index in [0.29, 0.717) is 53.3 Å². The van der Waals surface area contributed by atoms with E-state index in [9.17, 15) is 18.0 Å². The largest absolute Gasteiger partial charge is 0.416 e. The molecule has 0 saturated carbocycles. The van der Waals surface area contributed by atoms with Crippen LogP contribution in [-0.4, -0.2) is 46.0 Å². The predicted octanol–water partition coefficient (Wildman–Crippen LogP) is 3.66. The molecule has 1 atom stereocenters. The van der Waals surface area contributed by atoms with Gasteiger partial charge in [0.15, 0.2) is 5.82 Å². The van der Waals surface area contributed by atoms with E-state index >= 15 is 0 Å². The van der Waals surface area contributed by atoms with Crippen LogP contribution in [0.4, 0.5) is 19.0 Å². The molecule has 1 N–H and O–H groups in total. The molecule has 2 aromatic heterocycles. The maximum Gasteiger partial charge on any atom is 0.416 e. The Labute approximate surface area is 189 Å². The molecule has 3 heterocycles. The Morgan fingerprint density at radius 2 is 1.91 bits per heavy atom. The molecule has 1 saturated heterocycles. The van der Waals surface area contributed by atoms with Crippen LogP contribution in [0.2, 0.25) is 0 Å². The molecule has 0 unspecified atom stereocenters. The average Bonchev–Trinajstić information content (AvgIpc) is 2.79. The minimum absolute atomic E-state index is 0.109. The lowest BCUT2D eigenvalue weighted by Crippen LogP contribution is -2.37. The summed E-state index contributed by atoms with van der Waals surface area (Å²) in [6, 6.07) is 6.55. The monoisotopic (exact) mass is 461 g/mol. The van der Waals surface area contributed by atoms with Crippen molar-refractivity contribution in [2.75, 3.05) is 31.6 Å². The molecule has 1 aliphatic rings. The molecule has 4 rings (SSSR count). The highest BCUT2D eigenvalue weighted by Gasteiger charge is 2.30. The minimum Gasteiger partial charge on any atom is -0.379 e. The van der Waals surface area contributed by atoms with Gasteiger partial charge in [-0.2, -0.15) is 18.3 Å². The summed E-state index contributed by atoms with van der Waals surface area (Å²) in [7, 11) is 1.70. The highest BCUT2D eigenvalue weighted by Crippen LogP contribution is 2.32. The molecule has 0 spiro atoms. The number of anilines is 1. The van der Waals surface area contributed by atoms with Crippen molar-refractivity contribution in [3.8, 4) is 0 Å².